The molecule has 0 aliphatic carbocycles. The van der Waals surface area contributed by atoms with Gasteiger partial charge in [0.2, 0.25) is 5.91 Å². The number of carbonyl (C=O) groups is 2. The maximum Gasteiger partial charge on any atom is 0.303 e. The molecule has 0 aliphatic rings. The van der Waals surface area contributed by atoms with Gasteiger partial charge in [0.1, 0.15) is 11.3 Å². The molecule has 5 heteroatoms. The molecule has 0 radical (unpaired) electrons. The molecule has 2 aromatic rings. The van der Waals surface area contributed by atoms with Crippen LogP contribution in [0.1, 0.15) is 31.6 Å². The first-order valence-electron chi connectivity index (χ1n) is 6.06. The Balaban J connectivity index is 2.01. The number of carbonyl (C=O) groups excluding carboxylic acids is 1. The number of fused-ring (bicyclic) bond motifs is 1. The van der Waals surface area contributed by atoms with Gasteiger partial charge < -0.3 is 14.8 Å². The number of aliphatic carboxylic acids is 1. The highest BCUT2D eigenvalue weighted by Crippen LogP contribution is 2.23. The fraction of sp³-hybridized carbons (Fsp3) is 0.286. The van der Waals surface area contributed by atoms with Crippen molar-refractivity contribution < 1.29 is 19.1 Å². The molecule has 0 saturated heterocycles. The fourth-order valence-electron chi connectivity index (χ4n) is 1.82. The van der Waals surface area contributed by atoms with Crippen molar-refractivity contribution in [1.82, 2.24) is 5.32 Å². The van der Waals surface area contributed by atoms with Crippen molar-refractivity contribution >= 4 is 22.8 Å². The summed E-state index contributed by atoms with van der Waals surface area (Å²) in [6, 6.07) is 9.17. The van der Waals surface area contributed by atoms with Crippen LogP contribution in [0.4, 0.5) is 0 Å². The number of rotatable bonds is 5. The molecule has 0 saturated carbocycles. The zero-order valence-corrected chi connectivity index (χ0v) is 10.6. The van der Waals surface area contributed by atoms with Gasteiger partial charge in [0.25, 0.3) is 0 Å². The number of benzene rings is 1. The van der Waals surface area contributed by atoms with E-state index in [4.69, 9.17) is 9.52 Å². The van der Waals surface area contributed by atoms with Crippen molar-refractivity contribution in [2.75, 3.05) is 0 Å². The number of amides is 1. The van der Waals surface area contributed by atoms with E-state index in [1.165, 1.54) is 0 Å². The Morgan fingerprint density at radius 2 is 2.05 bits per heavy atom. The van der Waals surface area contributed by atoms with Gasteiger partial charge in [0.05, 0.1) is 12.5 Å². The second-order valence-corrected chi connectivity index (χ2v) is 4.37. The zero-order valence-electron chi connectivity index (χ0n) is 10.6. The summed E-state index contributed by atoms with van der Waals surface area (Å²) in [5, 5.41) is 12.2. The summed E-state index contributed by atoms with van der Waals surface area (Å²) in [6.07, 6.45) is -0.196. The molecule has 5 nitrogen and oxygen atoms in total. The Kier molecular flexibility index (Phi) is 3.85. The third-order valence-electron chi connectivity index (χ3n) is 2.81. The molecular formula is C14H15NO4. The van der Waals surface area contributed by atoms with E-state index >= 15 is 0 Å². The molecule has 0 unspecified atom stereocenters. The van der Waals surface area contributed by atoms with Gasteiger partial charge >= 0.3 is 5.97 Å². The van der Waals surface area contributed by atoms with Crippen LogP contribution in [0, 0.1) is 0 Å². The Labute approximate surface area is 110 Å². The van der Waals surface area contributed by atoms with Gasteiger partial charge in [-0.15, -0.1) is 0 Å². The Hall–Kier alpha value is -2.30. The molecule has 1 aromatic heterocycles. The van der Waals surface area contributed by atoms with E-state index in [0.717, 1.165) is 11.0 Å². The molecule has 0 aliphatic heterocycles. The number of hydrogen-bond donors (Lipinski definition) is 2. The normalized spacial score (nSPS) is 12.3. The van der Waals surface area contributed by atoms with Crippen molar-refractivity contribution in [2.45, 2.75) is 25.8 Å². The molecule has 0 bridgehead atoms. The molecule has 0 fully saturated rings. The molecule has 19 heavy (non-hydrogen) atoms. The van der Waals surface area contributed by atoms with E-state index < -0.39 is 5.97 Å². The number of carboxylic acid groups (broad SMARTS) is 1. The fourth-order valence-corrected chi connectivity index (χ4v) is 1.82. The number of para-hydroxylation sites is 1. The van der Waals surface area contributed by atoms with E-state index in [2.05, 4.69) is 5.32 Å². The summed E-state index contributed by atoms with van der Waals surface area (Å²) >= 11 is 0. The molecule has 2 N–H and O–H groups in total. The van der Waals surface area contributed by atoms with E-state index in [1.807, 2.05) is 30.3 Å². The summed E-state index contributed by atoms with van der Waals surface area (Å²) in [4.78, 5) is 21.9. The zero-order chi connectivity index (χ0) is 13.8. The van der Waals surface area contributed by atoms with Gasteiger partial charge in [0, 0.05) is 11.8 Å². The largest absolute Gasteiger partial charge is 0.481 e. The predicted octanol–water partition coefficient (Wildman–Crippen LogP) is 2.47. The van der Waals surface area contributed by atoms with Crippen LogP contribution >= 0.6 is 0 Å². The first kappa shape index (κ1) is 13.1. The average Bonchev–Trinajstić information content (AvgIpc) is 2.80. The van der Waals surface area contributed by atoms with Crippen molar-refractivity contribution in [2.24, 2.45) is 0 Å². The number of furan rings is 1. The standard InChI is InChI=1S/C14H15NO4/c1-9(15-13(16)6-7-14(17)18)12-8-10-4-2-3-5-11(10)19-12/h2-5,8-9H,6-7H2,1H3,(H,15,16)(H,17,18)/t9-/m0/s1. The lowest BCUT2D eigenvalue weighted by atomic mass is 10.2. The molecule has 1 aromatic carbocycles. The third-order valence-corrected chi connectivity index (χ3v) is 2.81. The van der Waals surface area contributed by atoms with Crippen LogP contribution in [0.5, 0.6) is 0 Å². The van der Waals surface area contributed by atoms with Gasteiger partial charge in [0.15, 0.2) is 0 Å². The highest BCUT2D eigenvalue weighted by atomic mass is 16.4. The molecule has 1 amide bonds. The van der Waals surface area contributed by atoms with Crippen molar-refractivity contribution in [3.8, 4) is 0 Å². The molecule has 1 heterocycles. The minimum Gasteiger partial charge on any atom is -0.481 e. The Morgan fingerprint density at radius 3 is 2.74 bits per heavy atom. The van der Waals surface area contributed by atoms with E-state index in [-0.39, 0.29) is 24.8 Å². The minimum atomic E-state index is -0.980. The number of carboxylic acids is 1. The Bertz CT molecular complexity index is 569. The second-order valence-electron chi connectivity index (χ2n) is 4.37. The van der Waals surface area contributed by atoms with Gasteiger partial charge in [-0.2, -0.15) is 0 Å². The SMILES string of the molecule is C[C@H](NC(=O)CCC(=O)O)c1cc2ccccc2o1. The third kappa shape index (κ3) is 3.34. The van der Waals surface area contributed by atoms with Crippen LogP contribution in [0.25, 0.3) is 11.0 Å². The number of hydrogen-bond acceptors (Lipinski definition) is 3. The molecule has 0 spiro atoms. The van der Waals surface area contributed by atoms with Gasteiger partial charge in [-0.1, -0.05) is 18.2 Å². The van der Waals surface area contributed by atoms with Crippen LogP contribution in [0.2, 0.25) is 0 Å². The quantitative estimate of drug-likeness (QED) is 0.866. The van der Waals surface area contributed by atoms with E-state index in [9.17, 15) is 9.59 Å². The minimum absolute atomic E-state index is 0.0279. The van der Waals surface area contributed by atoms with Crippen LogP contribution in [-0.2, 0) is 9.59 Å². The van der Waals surface area contributed by atoms with Gasteiger partial charge in [-0.05, 0) is 19.1 Å². The first-order chi connectivity index (χ1) is 9.06. The highest BCUT2D eigenvalue weighted by Gasteiger charge is 2.14. The monoisotopic (exact) mass is 261 g/mol. The number of nitrogens with one attached hydrogen (secondary N) is 1. The van der Waals surface area contributed by atoms with E-state index in [1.54, 1.807) is 6.92 Å². The lowest BCUT2D eigenvalue weighted by molar-refractivity contribution is -0.138. The Morgan fingerprint density at radius 1 is 1.32 bits per heavy atom. The average molecular weight is 261 g/mol. The van der Waals surface area contributed by atoms with Crippen molar-refractivity contribution in [3.63, 3.8) is 0 Å². The van der Waals surface area contributed by atoms with Gasteiger partial charge in [-0.25, -0.2) is 0 Å². The molecule has 1 atom stereocenters. The summed E-state index contributed by atoms with van der Waals surface area (Å²) < 4.78 is 5.63. The lowest BCUT2D eigenvalue weighted by Crippen LogP contribution is -2.26. The topological polar surface area (TPSA) is 79.5 Å². The van der Waals surface area contributed by atoms with Crippen LogP contribution in [0.15, 0.2) is 34.7 Å². The van der Waals surface area contributed by atoms with Crippen molar-refractivity contribution in [1.29, 1.82) is 0 Å². The summed E-state index contributed by atoms with van der Waals surface area (Å²) in [6.45, 7) is 1.80. The smallest absolute Gasteiger partial charge is 0.303 e. The molecule has 100 valence electrons. The summed E-state index contributed by atoms with van der Waals surface area (Å²) in [5.41, 5.74) is 0.768. The van der Waals surface area contributed by atoms with Crippen LogP contribution in [0.3, 0.4) is 0 Å². The molecule has 2 rings (SSSR count). The lowest BCUT2D eigenvalue weighted by Gasteiger charge is -2.10. The molecular weight excluding hydrogens is 246 g/mol. The van der Waals surface area contributed by atoms with Crippen molar-refractivity contribution in [3.05, 3.63) is 36.1 Å². The van der Waals surface area contributed by atoms with Gasteiger partial charge in [-0.3, -0.25) is 9.59 Å². The van der Waals surface area contributed by atoms with E-state index in [0.29, 0.717) is 5.76 Å². The summed E-state index contributed by atoms with van der Waals surface area (Å²) in [5.74, 6) is -0.619. The predicted molar refractivity (Wildman–Crippen MR) is 69.6 cm³/mol. The maximum absolute atomic E-state index is 11.5. The second kappa shape index (κ2) is 5.56. The highest BCUT2D eigenvalue weighted by molar-refractivity contribution is 5.81. The van der Waals surface area contributed by atoms with Crippen LogP contribution < -0.4 is 5.32 Å². The maximum atomic E-state index is 11.5. The van der Waals surface area contributed by atoms with Crippen LogP contribution in [-0.4, -0.2) is 17.0 Å². The summed E-state index contributed by atoms with van der Waals surface area (Å²) in [7, 11) is 0. The first-order valence-corrected chi connectivity index (χ1v) is 6.06.